The second-order valence-corrected chi connectivity index (χ2v) is 8.33. The van der Waals surface area contributed by atoms with Crippen molar-refractivity contribution in [2.75, 3.05) is 11.4 Å². The largest absolute Gasteiger partial charge is 0.354 e. The Morgan fingerprint density at radius 3 is 2.74 bits per heavy atom. The van der Waals surface area contributed by atoms with E-state index >= 15 is 0 Å². The quantitative estimate of drug-likeness (QED) is 0.728. The molecule has 2 aromatic rings. The molecule has 1 aromatic carbocycles. The van der Waals surface area contributed by atoms with E-state index in [2.05, 4.69) is 17.1 Å². The summed E-state index contributed by atoms with van der Waals surface area (Å²) >= 11 is 6.21. The number of hydrogen-bond acceptors (Lipinski definition) is 4. The monoisotopic (exact) mass is 386 g/mol. The smallest absolute Gasteiger partial charge is 0.221 e. The van der Waals surface area contributed by atoms with Crippen LogP contribution in [0.4, 0.5) is 5.82 Å². The lowest BCUT2D eigenvalue weighted by Crippen LogP contribution is -2.36. The zero-order valence-electron chi connectivity index (χ0n) is 16.0. The van der Waals surface area contributed by atoms with Crippen LogP contribution < -0.4 is 10.2 Å². The van der Waals surface area contributed by atoms with E-state index in [9.17, 15) is 4.79 Å². The van der Waals surface area contributed by atoms with Crippen molar-refractivity contribution in [1.29, 1.82) is 0 Å². The van der Waals surface area contributed by atoms with Gasteiger partial charge in [-0.3, -0.25) is 4.79 Å². The van der Waals surface area contributed by atoms with Gasteiger partial charge in [-0.15, -0.1) is 0 Å². The number of hydrogen-bond donors (Lipinski definition) is 1. The summed E-state index contributed by atoms with van der Waals surface area (Å²) in [5.41, 5.74) is 0.907. The third kappa shape index (κ3) is 4.34. The molecule has 2 fully saturated rings. The van der Waals surface area contributed by atoms with Crippen molar-refractivity contribution in [1.82, 2.24) is 15.3 Å². The first-order valence-electron chi connectivity index (χ1n) is 10.1. The van der Waals surface area contributed by atoms with Crippen LogP contribution in [-0.4, -0.2) is 34.5 Å². The van der Waals surface area contributed by atoms with Gasteiger partial charge in [-0.1, -0.05) is 18.5 Å². The van der Waals surface area contributed by atoms with Gasteiger partial charge in [-0.2, -0.15) is 0 Å². The number of nitrogens with zero attached hydrogens (tertiary/aromatic N) is 3. The second kappa shape index (κ2) is 7.63. The molecule has 0 aliphatic heterocycles. The zero-order chi connectivity index (χ0) is 19.0. The SMILES string of the molecule is CC[C@@H](C)NC(=O)CCN(c1nc(C2CC2)nc2cc(Cl)ccc12)C1CC1. The first kappa shape index (κ1) is 18.5. The van der Waals surface area contributed by atoms with Gasteiger partial charge in [-0.05, 0) is 57.2 Å². The summed E-state index contributed by atoms with van der Waals surface area (Å²) < 4.78 is 0. The van der Waals surface area contributed by atoms with E-state index in [0.717, 1.165) is 54.6 Å². The van der Waals surface area contributed by atoms with Crippen molar-refractivity contribution in [3.8, 4) is 0 Å². The Hall–Kier alpha value is -1.88. The van der Waals surface area contributed by atoms with Crippen molar-refractivity contribution in [3.63, 3.8) is 0 Å². The molecular weight excluding hydrogens is 360 g/mol. The fraction of sp³-hybridized carbons (Fsp3) is 0.571. The van der Waals surface area contributed by atoms with E-state index in [1.165, 1.54) is 0 Å². The van der Waals surface area contributed by atoms with E-state index in [1.54, 1.807) is 0 Å². The van der Waals surface area contributed by atoms with Crippen LogP contribution >= 0.6 is 11.6 Å². The molecule has 144 valence electrons. The number of nitrogens with one attached hydrogen (secondary N) is 1. The third-order valence-electron chi connectivity index (χ3n) is 5.46. The summed E-state index contributed by atoms with van der Waals surface area (Å²) in [4.78, 5) is 24.3. The minimum Gasteiger partial charge on any atom is -0.354 e. The number of benzene rings is 1. The number of rotatable bonds is 8. The molecule has 27 heavy (non-hydrogen) atoms. The van der Waals surface area contributed by atoms with Crippen LogP contribution in [0, 0.1) is 0 Å². The van der Waals surface area contributed by atoms with Crippen LogP contribution in [0.15, 0.2) is 18.2 Å². The molecule has 5 nitrogen and oxygen atoms in total. The minimum atomic E-state index is 0.110. The lowest BCUT2D eigenvalue weighted by atomic mass is 10.2. The molecule has 2 saturated carbocycles. The van der Waals surface area contributed by atoms with E-state index in [-0.39, 0.29) is 11.9 Å². The number of anilines is 1. The van der Waals surface area contributed by atoms with E-state index in [1.807, 2.05) is 25.1 Å². The van der Waals surface area contributed by atoms with Crippen LogP contribution in [-0.2, 0) is 4.79 Å². The molecule has 1 atom stereocenters. The summed E-state index contributed by atoms with van der Waals surface area (Å²) in [7, 11) is 0. The van der Waals surface area contributed by atoms with E-state index in [4.69, 9.17) is 21.6 Å². The molecule has 1 amide bonds. The summed E-state index contributed by atoms with van der Waals surface area (Å²) in [5.74, 6) is 2.48. The molecule has 2 aliphatic carbocycles. The predicted molar refractivity (Wildman–Crippen MR) is 109 cm³/mol. The molecule has 1 N–H and O–H groups in total. The van der Waals surface area contributed by atoms with Crippen molar-refractivity contribution in [3.05, 3.63) is 29.0 Å². The van der Waals surface area contributed by atoms with Crippen LogP contribution in [0.3, 0.4) is 0 Å². The zero-order valence-corrected chi connectivity index (χ0v) is 16.8. The van der Waals surface area contributed by atoms with Crippen LogP contribution in [0.1, 0.15) is 64.1 Å². The average Bonchev–Trinajstić information content (AvgIpc) is 3.54. The normalized spacial score (nSPS) is 17.7. The number of halogens is 1. The summed E-state index contributed by atoms with van der Waals surface area (Å²) in [6, 6.07) is 6.53. The van der Waals surface area contributed by atoms with Crippen molar-refractivity contribution in [2.24, 2.45) is 0 Å². The van der Waals surface area contributed by atoms with Crippen LogP contribution in [0.5, 0.6) is 0 Å². The molecule has 1 heterocycles. The topological polar surface area (TPSA) is 58.1 Å². The lowest BCUT2D eigenvalue weighted by molar-refractivity contribution is -0.121. The average molecular weight is 387 g/mol. The molecule has 4 rings (SSSR count). The van der Waals surface area contributed by atoms with Gasteiger partial charge in [0.25, 0.3) is 0 Å². The van der Waals surface area contributed by atoms with E-state index in [0.29, 0.717) is 29.9 Å². The Bertz CT molecular complexity index is 847. The number of fused-ring (bicyclic) bond motifs is 1. The Labute approximate surface area is 165 Å². The molecule has 0 unspecified atom stereocenters. The third-order valence-corrected chi connectivity index (χ3v) is 5.69. The Balaban J connectivity index is 1.62. The lowest BCUT2D eigenvalue weighted by Gasteiger charge is -2.25. The van der Waals surface area contributed by atoms with Gasteiger partial charge >= 0.3 is 0 Å². The Morgan fingerprint density at radius 1 is 1.30 bits per heavy atom. The van der Waals surface area contributed by atoms with Crippen LogP contribution in [0.2, 0.25) is 5.02 Å². The molecule has 1 aromatic heterocycles. The van der Waals surface area contributed by atoms with Crippen molar-refractivity contribution < 1.29 is 4.79 Å². The van der Waals surface area contributed by atoms with Gasteiger partial charge < -0.3 is 10.2 Å². The fourth-order valence-electron chi connectivity index (χ4n) is 3.37. The van der Waals surface area contributed by atoms with Gasteiger partial charge in [-0.25, -0.2) is 9.97 Å². The van der Waals surface area contributed by atoms with Crippen molar-refractivity contribution >= 4 is 34.2 Å². The van der Waals surface area contributed by atoms with Gasteiger partial charge in [0.2, 0.25) is 5.91 Å². The van der Waals surface area contributed by atoms with Crippen molar-refractivity contribution in [2.45, 2.75) is 70.4 Å². The highest BCUT2D eigenvalue weighted by Gasteiger charge is 2.33. The standard InChI is InChI=1S/C21H27ClN4O/c1-3-13(2)23-19(27)10-11-26(16-7-8-16)21-17-9-6-15(22)12-18(17)24-20(25-21)14-4-5-14/h6,9,12-14,16H,3-5,7-8,10-11H2,1-2H3,(H,23,27)/t13-/m1/s1. The Morgan fingerprint density at radius 2 is 2.07 bits per heavy atom. The maximum Gasteiger partial charge on any atom is 0.221 e. The fourth-order valence-corrected chi connectivity index (χ4v) is 3.53. The molecule has 0 radical (unpaired) electrons. The molecule has 0 spiro atoms. The maximum absolute atomic E-state index is 12.3. The van der Waals surface area contributed by atoms with E-state index < -0.39 is 0 Å². The number of carbonyl (C=O) groups excluding carboxylic acids is 1. The van der Waals surface area contributed by atoms with Gasteiger partial charge in [0.15, 0.2) is 0 Å². The highest BCUT2D eigenvalue weighted by Crippen LogP contribution is 2.41. The first-order valence-corrected chi connectivity index (χ1v) is 10.5. The second-order valence-electron chi connectivity index (χ2n) is 7.89. The molecule has 0 bridgehead atoms. The number of aromatic nitrogens is 2. The van der Waals surface area contributed by atoms with Gasteiger partial charge in [0.05, 0.1) is 5.52 Å². The molecule has 6 heteroatoms. The highest BCUT2D eigenvalue weighted by atomic mass is 35.5. The highest BCUT2D eigenvalue weighted by molar-refractivity contribution is 6.31. The summed E-state index contributed by atoms with van der Waals surface area (Å²) in [6.07, 6.45) is 6.06. The summed E-state index contributed by atoms with van der Waals surface area (Å²) in [6.45, 7) is 4.81. The number of carbonyl (C=O) groups is 1. The summed E-state index contributed by atoms with van der Waals surface area (Å²) in [5, 5.41) is 4.78. The molecular formula is C21H27ClN4O. The first-order chi connectivity index (χ1) is 13.0. The number of amides is 1. The molecule has 2 aliphatic rings. The van der Waals surface area contributed by atoms with Gasteiger partial charge in [0.1, 0.15) is 11.6 Å². The predicted octanol–water partition coefficient (Wildman–Crippen LogP) is 4.43. The molecule has 0 saturated heterocycles. The minimum absolute atomic E-state index is 0.110. The van der Waals surface area contributed by atoms with Gasteiger partial charge in [0, 0.05) is 41.4 Å². The van der Waals surface area contributed by atoms with Crippen LogP contribution in [0.25, 0.3) is 10.9 Å². The maximum atomic E-state index is 12.3. The Kier molecular flexibility index (Phi) is 5.22.